The molecule has 8 heteroatoms. The van der Waals surface area contributed by atoms with Crippen molar-refractivity contribution in [2.24, 2.45) is 0 Å². The molecule has 0 fully saturated rings. The van der Waals surface area contributed by atoms with Crippen LogP contribution in [0.5, 0.6) is 0 Å². The van der Waals surface area contributed by atoms with Crippen molar-refractivity contribution in [2.45, 2.75) is 25.7 Å². The highest BCUT2D eigenvalue weighted by molar-refractivity contribution is 7.93. The van der Waals surface area contributed by atoms with Gasteiger partial charge >= 0.3 is 0 Å². The van der Waals surface area contributed by atoms with Gasteiger partial charge in [0, 0.05) is 39.0 Å². The van der Waals surface area contributed by atoms with E-state index in [1.165, 1.54) is 13.0 Å². The van der Waals surface area contributed by atoms with Crippen molar-refractivity contribution in [3.8, 4) is 0 Å². The first-order valence-corrected chi connectivity index (χ1v) is 13.1. The minimum atomic E-state index is -4.07. The van der Waals surface area contributed by atoms with E-state index in [0.717, 1.165) is 0 Å². The Hall–Kier alpha value is -4.17. The van der Waals surface area contributed by atoms with E-state index in [-0.39, 0.29) is 16.6 Å². The number of furan rings is 1. The van der Waals surface area contributed by atoms with Crippen molar-refractivity contribution in [3.05, 3.63) is 77.6 Å². The number of Topliss-reactive ketones (excluding diaryl/α,β-unsaturated/α-hetero) is 1. The van der Waals surface area contributed by atoms with Gasteiger partial charge in [-0.15, -0.1) is 0 Å². The molecule has 1 aromatic heterocycles. The number of rotatable bonds is 5. The fourth-order valence-corrected chi connectivity index (χ4v) is 6.60. The lowest BCUT2D eigenvalue weighted by Crippen LogP contribution is -2.25. The Morgan fingerprint density at radius 1 is 0.972 bits per heavy atom. The van der Waals surface area contributed by atoms with E-state index in [9.17, 15) is 18.0 Å². The third-order valence-corrected chi connectivity index (χ3v) is 8.24. The summed E-state index contributed by atoms with van der Waals surface area (Å²) in [6.07, 6.45) is 0. The summed E-state index contributed by atoms with van der Waals surface area (Å²) in [4.78, 5) is 26.9. The number of sulfonamides is 1. The summed E-state index contributed by atoms with van der Waals surface area (Å²) in [7, 11) is -4.07. The summed E-state index contributed by atoms with van der Waals surface area (Å²) in [5.41, 5.74) is 2.52. The van der Waals surface area contributed by atoms with Crippen LogP contribution in [0.2, 0.25) is 0 Å². The quantitative estimate of drug-likeness (QED) is 0.298. The molecule has 0 saturated carbocycles. The molecule has 0 saturated heterocycles. The molecule has 2 heterocycles. The van der Waals surface area contributed by atoms with Gasteiger partial charge in [-0.1, -0.05) is 36.4 Å². The second-order valence-electron chi connectivity index (χ2n) is 8.90. The second-order valence-corrected chi connectivity index (χ2v) is 10.6. The van der Waals surface area contributed by atoms with Gasteiger partial charge < -0.3 is 9.32 Å². The maximum atomic E-state index is 13.8. The summed E-state index contributed by atoms with van der Waals surface area (Å²) >= 11 is 0. The number of ketones is 1. The first-order valence-electron chi connectivity index (χ1n) is 11.6. The smallest absolute Gasteiger partial charge is 0.262 e. The Kier molecular flexibility index (Phi) is 4.75. The Morgan fingerprint density at radius 2 is 1.69 bits per heavy atom. The zero-order valence-corrected chi connectivity index (χ0v) is 20.7. The van der Waals surface area contributed by atoms with Gasteiger partial charge in [0.1, 0.15) is 11.3 Å². The monoisotopic (exact) mass is 498 g/mol. The van der Waals surface area contributed by atoms with Gasteiger partial charge in [0.25, 0.3) is 15.9 Å². The lowest BCUT2D eigenvalue weighted by atomic mass is 10.0. The van der Waals surface area contributed by atoms with Gasteiger partial charge in [-0.05, 0) is 45.0 Å². The number of nitrogens with one attached hydrogen (secondary N) is 1. The van der Waals surface area contributed by atoms with Crippen molar-refractivity contribution < 1.29 is 22.4 Å². The first kappa shape index (κ1) is 22.3. The average molecular weight is 499 g/mol. The van der Waals surface area contributed by atoms with Crippen molar-refractivity contribution in [1.29, 1.82) is 0 Å². The zero-order valence-electron chi connectivity index (χ0n) is 19.9. The minimum absolute atomic E-state index is 0.0770. The van der Waals surface area contributed by atoms with Crippen LogP contribution in [0.1, 0.15) is 40.3 Å². The molecule has 5 aromatic rings. The number of anilines is 2. The molecule has 0 bridgehead atoms. The van der Waals surface area contributed by atoms with E-state index in [0.29, 0.717) is 67.3 Å². The number of amides is 1. The molecule has 6 rings (SSSR count). The molecule has 1 N–H and O–H groups in total. The zero-order chi connectivity index (χ0) is 25.4. The van der Waals surface area contributed by atoms with E-state index in [1.807, 2.05) is 31.2 Å². The predicted molar refractivity (Wildman–Crippen MR) is 141 cm³/mol. The van der Waals surface area contributed by atoms with Crippen molar-refractivity contribution in [2.75, 3.05) is 16.2 Å². The van der Waals surface area contributed by atoms with E-state index < -0.39 is 10.0 Å². The largest absolute Gasteiger partial charge is 0.460 e. The summed E-state index contributed by atoms with van der Waals surface area (Å²) in [5.74, 6) is 0.192. The Labute approximate surface area is 207 Å². The van der Waals surface area contributed by atoms with Gasteiger partial charge in [-0.25, -0.2) is 8.42 Å². The fourth-order valence-electron chi connectivity index (χ4n) is 5.33. The van der Waals surface area contributed by atoms with Gasteiger partial charge in [-0.2, -0.15) is 0 Å². The Balaban J connectivity index is 1.57. The van der Waals surface area contributed by atoms with Crippen molar-refractivity contribution in [3.63, 3.8) is 0 Å². The van der Waals surface area contributed by atoms with Crippen LogP contribution in [-0.2, 0) is 10.0 Å². The van der Waals surface area contributed by atoms with Crippen LogP contribution in [0.15, 0.2) is 70.0 Å². The number of carbonyl (C=O) groups excluding carboxylic acids is 2. The van der Waals surface area contributed by atoms with Gasteiger partial charge in [0.2, 0.25) is 0 Å². The van der Waals surface area contributed by atoms with E-state index in [1.54, 1.807) is 42.2 Å². The lowest BCUT2D eigenvalue weighted by Gasteiger charge is -2.16. The first-order chi connectivity index (χ1) is 17.2. The topological polar surface area (TPSA) is 96.7 Å². The average Bonchev–Trinajstić information content (AvgIpc) is 3.33. The summed E-state index contributed by atoms with van der Waals surface area (Å²) in [6.45, 7) is 5.56. The maximum Gasteiger partial charge on any atom is 0.262 e. The number of fused-ring (bicyclic) bond motifs is 3. The van der Waals surface area contributed by atoms with Crippen LogP contribution in [-0.4, -0.2) is 26.7 Å². The van der Waals surface area contributed by atoms with Gasteiger partial charge in [0.05, 0.1) is 21.8 Å². The lowest BCUT2D eigenvalue weighted by molar-refractivity contribution is 0.0991. The molecule has 36 heavy (non-hydrogen) atoms. The number of carbonyl (C=O) groups is 2. The number of hydrogen-bond donors (Lipinski definition) is 1. The minimum Gasteiger partial charge on any atom is -0.460 e. The third-order valence-electron chi connectivity index (χ3n) is 6.82. The molecule has 1 amide bonds. The summed E-state index contributed by atoms with van der Waals surface area (Å²) < 4.78 is 36.3. The molecule has 4 aromatic carbocycles. The number of aryl methyl sites for hydroxylation is 1. The molecule has 1 aliphatic rings. The molecule has 0 aliphatic carbocycles. The maximum absolute atomic E-state index is 13.8. The van der Waals surface area contributed by atoms with Crippen molar-refractivity contribution >= 4 is 65.6 Å². The van der Waals surface area contributed by atoms with E-state index >= 15 is 0 Å². The predicted octanol–water partition coefficient (Wildman–Crippen LogP) is 6.03. The molecular weight excluding hydrogens is 476 g/mol. The standard InChI is InChI=1S/C28H22N2O5S/c1-4-30-23-12-13-24(19-10-7-11-20(26(19)23)28(30)32)36(33,34)29-22-14-21-25(15(2)31)16(3)35-27(21)18-9-6-5-8-17(18)22/h5-14,29H,4H2,1-3H3. The van der Waals surface area contributed by atoms with Gasteiger partial charge in [0.15, 0.2) is 5.78 Å². The molecule has 180 valence electrons. The third kappa shape index (κ3) is 3.01. The highest BCUT2D eigenvalue weighted by atomic mass is 32.2. The van der Waals surface area contributed by atoms with Crippen LogP contribution < -0.4 is 9.62 Å². The van der Waals surface area contributed by atoms with Crippen LogP contribution in [0.25, 0.3) is 32.5 Å². The molecular formula is C28H22N2O5S. The molecule has 0 unspecified atom stereocenters. The summed E-state index contributed by atoms with van der Waals surface area (Å²) in [6, 6.07) is 17.3. The highest BCUT2D eigenvalue weighted by Gasteiger charge is 2.31. The van der Waals surface area contributed by atoms with Gasteiger partial charge in [-0.3, -0.25) is 14.3 Å². The van der Waals surface area contributed by atoms with Crippen LogP contribution >= 0.6 is 0 Å². The van der Waals surface area contributed by atoms with E-state index in [2.05, 4.69) is 4.72 Å². The number of benzene rings is 4. The SMILES string of the molecule is CCN1C(=O)c2cccc3c(S(=O)(=O)Nc4cc5c(C(C)=O)c(C)oc5c5ccccc45)ccc1c23. The Bertz CT molecular complexity index is 1890. The van der Waals surface area contributed by atoms with Crippen molar-refractivity contribution in [1.82, 2.24) is 0 Å². The Morgan fingerprint density at radius 3 is 2.42 bits per heavy atom. The second kappa shape index (κ2) is 7.66. The highest BCUT2D eigenvalue weighted by Crippen LogP contribution is 2.41. The fraction of sp³-hybridized carbons (Fsp3) is 0.143. The molecule has 7 nitrogen and oxygen atoms in total. The molecule has 1 aliphatic heterocycles. The van der Waals surface area contributed by atoms with Crippen LogP contribution in [0, 0.1) is 6.92 Å². The molecule has 0 atom stereocenters. The van der Waals surface area contributed by atoms with Crippen LogP contribution in [0.4, 0.5) is 11.4 Å². The molecule has 0 spiro atoms. The molecule has 0 radical (unpaired) electrons. The van der Waals surface area contributed by atoms with Crippen LogP contribution in [0.3, 0.4) is 0 Å². The number of nitrogens with zero attached hydrogens (tertiary/aromatic N) is 1. The van der Waals surface area contributed by atoms with E-state index in [4.69, 9.17) is 4.42 Å². The normalized spacial score (nSPS) is 13.3. The summed E-state index contributed by atoms with van der Waals surface area (Å²) in [5, 5.41) is 3.03. The number of hydrogen-bond acceptors (Lipinski definition) is 5.